The van der Waals surface area contributed by atoms with Crippen LogP contribution < -0.4 is 0 Å². The summed E-state index contributed by atoms with van der Waals surface area (Å²) < 4.78 is 5.11. The van der Waals surface area contributed by atoms with E-state index in [1.165, 1.54) is 7.11 Å². The standard InChI is InChI=1S/C29H30N2O3/c1-34-29(33)26-22-30(19-11-14-23-12-5-2-6-13-23)20-21-31(26)28(32)27(24-15-7-3-8-16-24)25-17-9-4-10-18-25/h2-18,26-27H,19-22H2,1H3/t26-/m0/s1. The molecular weight excluding hydrogens is 424 g/mol. The minimum Gasteiger partial charge on any atom is -0.467 e. The lowest BCUT2D eigenvalue weighted by molar-refractivity contribution is -0.156. The number of benzene rings is 3. The van der Waals surface area contributed by atoms with Crippen molar-refractivity contribution >= 4 is 18.0 Å². The van der Waals surface area contributed by atoms with Crippen LogP contribution >= 0.6 is 0 Å². The molecule has 0 bridgehead atoms. The van der Waals surface area contributed by atoms with Crippen LogP contribution in [0.4, 0.5) is 0 Å². The summed E-state index contributed by atoms with van der Waals surface area (Å²) in [7, 11) is 1.38. The van der Waals surface area contributed by atoms with Crippen molar-refractivity contribution in [2.45, 2.75) is 12.0 Å². The highest BCUT2D eigenvalue weighted by atomic mass is 16.5. The molecule has 0 N–H and O–H groups in total. The number of piperazine rings is 1. The van der Waals surface area contributed by atoms with Crippen molar-refractivity contribution < 1.29 is 14.3 Å². The first-order valence-corrected chi connectivity index (χ1v) is 11.6. The van der Waals surface area contributed by atoms with Crippen LogP contribution in [-0.2, 0) is 14.3 Å². The number of amides is 1. The molecule has 0 saturated carbocycles. The molecule has 5 heteroatoms. The Kier molecular flexibility index (Phi) is 7.89. The molecular formula is C29H30N2O3. The Morgan fingerprint density at radius 1 is 0.882 bits per heavy atom. The summed E-state index contributed by atoms with van der Waals surface area (Å²) >= 11 is 0. The first kappa shape index (κ1) is 23.5. The van der Waals surface area contributed by atoms with E-state index in [4.69, 9.17) is 4.74 Å². The SMILES string of the molecule is COC(=O)[C@@H]1CN(CC=Cc2ccccc2)CCN1C(=O)C(c1ccccc1)c1ccccc1. The molecule has 0 aliphatic carbocycles. The molecule has 0 spiro atoms. The minimum atomic E-state index is -0.647. The van der Waals surface area contributed by atoms with Crippen molar-refractivity contribution in [2.75, 3.05) is 33.3 Å². The summed E-state index contributed by atoms with van der Waals surface area (Å²) in [5.41, 5.74) is 2.96. The van der Waals surface area contributed by atoms with Crippen molar-refractivity contribution in [1.82, 2.24) is 9.80 Å². The summed E-state index contributed by atoms with van der Waals surface area (Å²) in [6.45, 7) is 2.29. The van der Waals surface area contributed by atoms with Gasteiger partial charge in [-0.2, -0.15) is 0 Å². The van der Waals surface area contributed by atoms with Gasteiger partial charge in [-0.05, 0) is 16.7 Å². The second-order valence-electron chi connectivity index (χ2n) is 8.40. The quantitative estimate of drug-likeness (QED) is 0.502. The second-order valence-corrected chi connectivity index (χ2v) is 8.40. The number of rotatable bonds is 7. The maximum Gasteiger partial charge on any atom is 0.329 e. The summed E-state index contributed by atoms with van der Waals surface area (Å²) in [6.07, 6.45) is 4.17. The monoisotopic (exact) mass is 454 g/mol. The average Bonchev–Trinajstić information content (AvgIpc) is 2.90. The number of nitrogens with zero attached hydrogens (tertiary/aromatic N) is 2. The Hall–Kier alpha value is -3.70. The first-order chi connectivity index (χ1) is 16.7. The highest BCUT2D eigenvalue weighted by molar-refractivity contribution is 5.91. The van der Waals surface area contributed by atoms with Gasteiger partial charge in [-0.3, -0.25) is 9.69 Å². The number of methoxy groups -OCH3 is 1. The molecule has 1 fully saturated rings. The van der Waals surface area contributed by atoms with Crippen molar-refractivity contribution in [1.29, 1.82) is 0 Å². The van der Waals surface area contributed by atoms with E-state index in [-0.39, 0.29) is 11.9 Å². The largest absolute Gasteiger partial charge is 0.467 e. The van der Waals surface area contributed by atoms with Crippen LogP contribution in [0.1, 0.15) is 22.6 Å². The van der Waals surface area contributed by atoms with Crippen molar-refractivity contribution in [3.05, 3.63) is 114 Å². The van der Waals surface area contributed by atoms with Crippen LogP contribution in [0.2, 0.25) is 0 Å². The maximum atomic E-state index is 13.9. The molecule has 1 atom stereocenters. The van der Waals surface area contributed by atoms with E-state index >= 15 is 0 Å². The summed E-state index contributed by atoms with van der Waals surface area (Å²) in [5.74, 6) is -0.934. The van der Waals surface area contributed by atoms with E-state index in [1.54, 1.807) is 4.90 Å². The zero-order chi connectivity index (χ0) is 23.8. The lowest BCUT2D eigenvalue weighted by Crippen LogP contribution is -2.59. The molecule has 34 heavy (non-hydrogen) atoms. The van der Waals surface area contributed by atoms with E-state index in [2.05, 4.69) is 29.2 Å². The van der Waals surface area contributed by atoms with Crippen molar-refractivity contribution in [2.24, 2.45) is 0 Å². The van der Waals surface area contributed by atoms with Crippen LogP contribution in [0.25, 0.3) is 6.08 Å². The van der Waals surface area contributed by atoms with Gasteiger partial charge in [0.05, 0.1) is 13.0 Å². The molecule has 0 aromatic heterocycles. The number of carbonyl (C=O) groups excluding carboxylic acids is 2. The molecule has 1 heterocycles. The van der Waals surface area contributed by atoms with Gasteiger partial charge in [0.25, 0.3) is 0 Å². The van der Waals surface area contributed by atoms with Crippen LogP contribution in [0.15, 0.2) is 97.1 Å². The molecule has 174 valence electrons. The third kappa shape index (κ3) is 5.61. The van der Waals surface area contributed by atoms with E-state index in [9.17, 15) is 9.59 Å². The Morgan fingerprint density at radius 3 is 2.00 bits per heavy atom. The number of hydrogen-bond donors (Lipinski definition) is 0. The highest BCUT2D eigenvalue weighted by Crippen LogP contribution is 2.29. The normalized spacial score (nSPS) is 16.6. The van der Waals surface area contributed by atoms with Crippen LogP contribution in [0, 0.1) is 0 Å². The van der Waals surface area contributed by atoms with Gasteiger partial charge in [0.2, 0.25) is 5.91 Å². The van der Waals surface area contributed by atoms with E-state index < -0.39 is 12.0 Å². The molecule has 0 unspecified atom stereocenters. The van der Waals surface area contributed by atoms with Crippen LogP contribution in [0.3, 0.4) is 0 Å². The van der Waals surface area contributed by atoms with Gasteiger partial charge in [0, 0.05) is 26.2 Å². The zero-order valence-corrected chi connectivity index (χ0v) is 19.4. The molecule has 1 saturated heterocycles. The molecule has 1 aliphatic rings. The number of esters is 1. The van der Waals surface area contributed by atoms with E-state index in [0.717, 1.165) is 16.7 Å². The van der Waals surface area contributed by atoms with Crippen LogP contribution in [-0.4, -0.2) is 61.0 Å². The molecule has 1 aliphatic heterocycles. The fourth-order valence-electron chi connectivity index (χ4n) is 4.44. The van der Waals surface area contributed by atoms with Crippen molar-refractivity contribution in [3.8, 4) is 0 Å². The van der Waals surface area contributed by atoms with Gasteiger partial charge >= 0.3 is 5.97 Å². The van der Waals surface area contributed by atoms with Gasteiger partial charge in [0.1, 0.15) is 6.04 Å². The molecule has 5 nitrogen and oxygen atoms in total. The topological polar surface area (TPSA) is 49.9 Å². The minimum absolute atomic E-state index is 0.0766. The average molecular weight is 455 g/mol. The first-order valence-electron chi connectivity index (χ1n) is 11.6. The summed E-state index contributed by atoms with van der Waals surface area (Å²) in [5, 5.41) is 0. The van der Waals surface area contributed by atoms with E-state index in [0.29, 0.717) is 26.2 Å². The summed E-state index contributed by atoms with van der Waals surface area (Å²) in [4.78, 5) is 30.6. The van der Waals surface area contributed by atoms with Gasteiger partial charge in [-0.1, -0.05) is 103 Å². The Morgan fingerprint density at radius 2 is 1.44 bits per heavy atom. The summed E-state index contributed by atoms with van der Waals surface area (Å²) in [6, 6.07) is 29.0. The lowest BCUT2D eigenvalue weighted by atomic mass is 9.89. The Balaban J connectivity index is 1.54. The Labute approximate surface area is 201 Å². The molecule has 3 aromatic rings. The predicted octanol–water partition coefficient (Wildman–Crippen LogP) is 4.22. The maximum absolute atomic E-state index is 13.9. The predicted molar refractivity (Wildman–Crippen MR) is 134 cm³/mol. The number of carbonyl (C=O) groups is 2. The second kappa shape index (κ2) is 11.4. The third-order valence-electron chi connectivity index (χ3n) is 6.21. The van der Waals surface area contributed by atoms with Gasteiger partial charge in [-0.15, -0.1) is 0 Å². The lowest BCUT2D eigenvalue weighted by Gasteiger charge is -2.41. The molecule has 3 aromatic carbocycles. The molecule has 1 amide bonds. The van der Waals surface area contributed by atoms with Gasteiger partial charge in [0.15, 0.2) is 0 Å². The number of ether oxygens (including phenoxy) is 1. The van der Waals surface area contributed by atoms with Gasteiger partial charge in [-0.25, -0.2) is 4.79 Å². The fraction of sp³-hybridized carbons (Fsp3) is 0.241. The van der Waals surface area contributed by atoms with E-state index in [1.807, 2.05) is 78.9 Å². The molecule has 0 radical (unpaired) electrons. The third-order valence-corrected chi connectivity index (χ3v) is 6.21. The van der Waals surface area contributed by atoms with Gasteiger partial charge < -0.3 is 9.64 Å². The zero-order valence-electron chi connectivity index (χ0n) is 19.4. The Bertz CT molecular complexity index is 1060. The fourth-order valence-corrected chi connectivity index (χ4v) is 4.44. The van der Waals surface area contributed by atoms with Crippen LogP contribution in [0.5, 0.6) is 0 Å². The molecule has 4 rings (SSSR count). The highest BCUT2D eigenvalue weighted by Gasteiger charge is 2.39. The smallest absolute Gasteiger partial charge is 0.329 e. The van der Waals surface area contributed by atoms with Crippen molar-refractivity contribution in [3.63, 3.8) is 0 Å². The number of hydrogen-bond acceptors (Lipinski definition) is 4.